The summed E-state index contributed by atoms with van der Waals surface area (Å²) in [6, 6.07) is 17.6. The number of aliphatic hydroxyl groups excluding tert-OH is 1. The maximum absolute atomic E-state index is 13.5. The summed E-state index contributed by atoms with van der Waals surface area (Å²) < 4.78 is 22.4. The molecule has 2 aliphatic heterocycles. The minimum atomic E-state index is -0.870. The number of rotatable bonds is 8. The van der Waals surface area contributed by atoms with E-state index in [0.29, 0.717) is 41.2 Å². The highest BCUT2D eigenvalue weighted by atomic mass is 16.5. The number of hydrogen-bond acceptors (Lipinski definition) is 7. The predicted molar refractivity (Wildman–Crippen MR) is 145 cm³/mol. The molecule has 3 aromatic rings. The zero-order valence-electron chi connectivity index (χ0n) is 22.4. The fourth-order valence-corrected chi connectivity index (χ4v) is 5.34. The second kappa shape index (κ2) is 10.7. The van der Waals surface area contributed by atoms with Crippen LogP contribution in [0.1, 0.15) is 35.2 Å². The second-order valence-electron chi connectivity index (χ2n) is 9.64. The third-order valence-electron chi connectivity index (χ3n) is 7.20. The number of methoxy groups -OCH3 is 3. The summed E-state index contributed by atoms with van der Waals surface area (Å²) in [6.07, 6.45) is 1.25. The van der Waals surface area contributed by atoms with Gasteiger partial charge in [0.2, 0.25) is 5.75 Å². The lowest BCUT2D eigenvalue weighted by molar-refractivity contribution is -0.139. The van der Waals surface area contributed by atoms with E-state index in [-0.39, 0.29) is 24.0 Å². The van der Waals surface area contributed by atoms with E-state index in [1.165, 1.54) is 26.2 Å². The number of carbonyl (C=O) groups excluding carboxylic acids is 2. The molecule has 1 saturated heterocycles. The molecule has 1 N–H and O–H groups in total. The van der Waals surface area contributed by atoms with Crippen LogP contribution in [0.4, 0.5) is 0 Å². The Kier molecular flexibility index (Phi) is 7.19. The molecular formula is C31H31NO7. The molecule has 8 heteroatoms. The molecule has 2 atom stereocenters. The molecule has 0 unspecified atom stereocenters. The first kappa shape index (κ1) is 26.2. The number of carbonyl (C=O) groups is 2. The Morgan fingerprint density at radius 1 is 0.974 bits per heavy atom. The summed E-state index contributed by atoms with van der Waals surface area (Å²) in [5.74, 6) is 0.236. The van der Waals surface area contributed by atoms with Crippen LogP contribution in [0.25, 0.3) is 5.76 Å². The highest BCUT2D eigenvalue weighted by Crippen LogP contribution is 2.46. The lowest BCUT2D eigenvalue weighted by Crippen LogP contribution is -2.31. The van der Waals surface area contributed by atoms with E-state index in [0.717, 1.165) is 16.9 Å². The SMILES string of the molecule is COc1cc([C@H]2/C(=C(\O)c3ccc4c(c3)C[C@H](C)O4)C(=O)C(=O)N2CCc2ccccc2)cc(OC)c1OC. The van der Waals surface area contributed by atoms with Gasteiger partial charge in [-0.3, -0.25) is 9.59 Å². The van der Waals surface area contributed by atoms with Crippen LogP contribution >= 0.6 is 0 Å². The first-order valence-corrected chi connectivity index (χ1v) is 12.8. The Morgan fingerprint density at radius 2 is 1.67 bits per heavy atom. The molecule has 0 bridgehead atoms. The molecule has 1 amide bonds. The smallest absolute Gasteiger partial charge is 0.295 e. The van der Waals surface area contributed by atoms with Gasteiger partial charge >= 0.3 is 0 Å². The van der Waals surface area contributed by atoms with Crippen molar-refractivity contribution in [2.45, 2.75) is 31.9 Å². The lowest BCUT2D eigenvalue weighted by atomic mass is 9.93. The van der Waals surface area contributed by atoms with Crippen LogP contribution < -0.4 is 18.9 Å². The highest BCUT2D eigenvalue weighted by Gasteiger charge is 2.46. The number of fused-ring (bicyclic) bond motifs is 1. The van der Waals surface area contributed by atoms with Gasteiger partial charge in [-0.1, -0.05) is 30.3 Å². The van der Waals surface area contributed by atoms with Crippen LogP contribution in [0, 0.1) is 0 Å². The van der Waals surface area contributed by atoms with Gasteiger partial charge < -0.3 is 29.0 Å². The van der Waals surface area contributed by atoms with Gasteiger partial charge in [-0.15, -0.1) is 0 Å². The van der Waals surface area contributed by atoms with Crippen LogP contribution in [0.3, 0.4) is 0 Å². The van der Waals surface area contributed by atoms with E-state index in [1.54, 1.807) is 24.3 Å². The third kappa shape index (κ3) is 4.78. The molecule has 2 aliphatic rings. The van der Waals surface area contributed by atoms with Crippen molar-refractivity contribution in [2.24, 2.45) is 0 Å². The normalized spacial score (nSPS) is 19.5. The summed E-state index contributed by atoms with van der Waals surface area (Å²) in [7, 11) is 4.51. The second-order valence-corrected chi connectivity index (χ2v) is 9.64. The molecule has 8 nitrogen and oxygen atoms in total. The number of ether oxygens (including phenoxy) is 4. The quantitative estimate of drug-likeness (QED) is 0.257. The van der Waals surface area contributed by atoms with Gasteiger partial charge in [-0.2, -0.15) is 0 Å². The van der Waals surface area contributed by atoms with Gasteiger partial charge in [0.1, 0.15) is 17.6 Å². The van der Waals surface area contributed by atoms with E-state index >= 15 is 0 Å². The van der Waals surface area contributed by atoms with Crippen molar-refractivity contribution in [2.75, 3.05) is 27.9 Å². The van der Waals surface area contributed by atoms with Gasteiger partial charge in [-0.25, -0.2) is 0 Å². The minimum Gasteiger partial charge on any atom is -0.507 e. The first-order chi connectivity index (χ1) is 18.9. The molecule has 1 fully saturated rings. The van der Waals surface area contributed by atoms with Crippen LogP contribution in [-0.2, 0) is 22.4 Å². The molecule has 0 spiro atoms. The fourth-order valence-electron chi connectivity index (χ4n) is 5.34. The van der Waals surface area contributed by atoms with E-state index in [9.17, 15) is 14.7 Å². The minimum absolute atomic E-state index is 0.00856. The number of likely N-dealkylation sites (tertiary alicyclic amines) is 1. The third-order valence-corrected chi connectivity index (χ3v) is 7.20. The van der Waals surface area contributed by atoms with E-state index in [2.05, 4.69) is 0 Å². The average Bonchev–Trinajstić information content (AvgIpc) is 3.46. The van der Waals surface area contributed by atoms with E-state index in [1.807, 2.05) is 43.3 Å². The predicted octanol–water partition coefficient (Wildman–Crippen LogP) is 4.70. The Hall–Kier alpha value is -4.46. The average molecular weight is 530 g/mol. The molecule has 0 aromatic heterocycles. The first-order valence-electron chi connectivity index (χ1n) is 12.8. The number of amides is 1. The van der Waals surface area contributed by atoms with E-state index < -0.39 is 17.7 Å². The maximum Gasteiger partial charge on any atom is 0.295 e. The van der Waals surface area contributed by atoms with Crippen LogP contribution in [0.15, 0.2) is 66.2 Å². The van der Waals surface area contributed by atoms with Crippen LogP contribution in [0.2, 0.25) is 0 Å². The lowest BCUT2D eigenvalue weighted by Gasteiger charge is -2.26. The number of aliphatic hydroxyl groups is 1. The number of hydrogen-bond donors (Lipinski definition) is 1. The summed E-state index contributed by atoms with van der Waals surface area (Å²) in [4.78, 5) is 28.5. The van der Waals surface area contributed by atoms with Crippen LogP contribution in [0.5, 0.6) is 23.0 Å². The molecule has 5 rings (SSSR count). The van der Waals surface area contributed by atoms with Crippen molar-refractivity contribution in [3.8, 4) is 23.0 Å². The molecule has 2 heterocycles. The van der Waals surface area contributed by atoms with Crippen molar-refractivity contribution < 1.29 is 33.6 Å². The fraction of sp³-hybridized carbons (Fsp3) is 0.290. The van der Waals surface area contributed by atoms with Gasteiger partial charge in [0.05, 0.1) is 32.9 Å². The standard InChI is InChI=1S/C31H31NO7/c1-18-14-21-15-20(10-11-23(21)39-18)28(33)26-27(22-16-24(36-2)30(38-4)25(17-22)37-3)32(31(35)29(26)34)13-12-19-8-6-5-7-9-19/h5-11,15-18,27,33H,12-14H2,1-4H3/b28-26+/t18-,27-/m0/s1. The number of Topliss-reactive ketones (excluding diaryl/α,β-unsaturated/α-hetero) is 1. The summed E-state index contributed by atoms with van der Waals surface area (Å²) in [5.41, 5.74) is 2.97. The summed E-state index contributed by atoms with van der Waals surface area (Å²) in [6.45, 7) is 2.24. The monoisotopic (exact) mass is 529 g/mol. The molecule has 39 heavy (non-hydrogen) atoms. The Labute approximate surface area is 227 Å². The van der Waals surface area contributed by atoms with Crippen molar-refractivity contribution in [1.29, 1.82) is 0 Å². The van der Waals surface area contributed by atoms with E-state index in [4.69, 9.17) is 18.9 Å². The topological polar surface area (TPSA) is 94.5 Å². The number of nitrogens with zero attached hydrogens (tertiary/aromatic N) is 1. The molecule has 0 radical (unpaired) electrons. The summed E-state index contributed by atoms with van der Waals surface area (Å²) >= 11 is 0. The zero-order chi connectivity index (χ0) is 27.7. The van der Waals surface area contributed by atoms with Gasteiger partial charge in [-0.05, 0) is 60.4 Å². The number of benzene rings is 3. The molecule has 3 aromatic carbocycles. The molecule has 202 valence electrons. The molecule has 0 aliphatic carbocycles. The van der Waals surface area contributed by atoms with Crippen molar-refractivity contribution in [3.63, 3.8) is 0 Å². The highest BCUT2D eigenvalue weighted by molar-refractivity contribution is 6.46. The Bertz CT molecular complexity index is 1420. The maximum atomic E-state index is 13.5. The van der Waals surface area contributed by atoms with Crippen LogP contribution in [-0.4, -0.2) is 55.7 Å². The van der Waals surface area contributed by atoms with Crippen molar-refractivity contribution in [1.82, 2.24) is 4.90 Å². The molecule has 0 saturated carbocycles. The number of ketones is 1. The summed E-state index contributed by atoms with van der Waals surface area (Å²) in [5, 5.41) is 11.5. The van der Waals surface area contributed by atoms with Crippen molar-refractivity contribution >= 4 is 17.4 Å². The zero-order valence-corrected chi connectivity index (χ0v) is 22.4. The van der Waals surface area contributed by atoms with Crippen molar-refractivity contribution in [3.05, 3.63) is 88.5 Å². The Morgan fingerprint density at radius 3 is 2.31 bits per heavy atom. The Balaban J connectivity index is 1.65. The largest absolute Gasteiger partial charge is 0.507 e. The van der Waals surface area contributed by atoms with Gasteiger partial charge in [0.25, 0.3) is 11.7 Å². The molecular weight excluding hydrogens is 498 g/mol. The van der Waals surface area contributed by atoms with Gasteiger partial charge in [0.15, 0.2) is 11.5 Å². The van der Waals surface area contributed by atoms with Gasteiger partial charge in [0, 0.05) is 18.5 Å².